The topological polar surface area (TPSA) is 50.7 Å². The molecule has 0 heterocycles. The number of hydrogen-bond donors (Lipinski definition) is 1. The lowest BCUT2D eigenvalue weighted by molar-refractivity contribution is 0.0955. The van der Waals surface area contributed by atoms with Crippen LogP contribution in [0.5, 0.6) is 5.75 Å². The molecule has 2 aromatic carbocycles. The number of benzene rings is 2. The molecule has 0 radical (unpaired) electrons. The van der Waals surface area contributed by atoms with Crippen LogP contribution in [-0.4, -0.2) is 18.2 Å². The average Bonchev–Trinajstić information content (AvgIpc) is 2.49. The Morgan fingerprint density at radius 2 is 1.77 bits per heavy atom. The summed E-state index contributed by atoms with van der Waals surface area (Å²) in [5.74, 6) is 0.0701. The number of carbonyl (C=O) groups excluding carboxylic acids is 1. The number of ether oxygens (including phenoxy) is 1. The second kappa shape index (κ2) is 7.36. The summed E-state index contributed by atoms with van der Waals surface area (Å²) in [6.45, 7) is 3.87. The van der Waals surface area contributed by atoms with Crippen LogP contribution in [0.25, 0.3) is 0 Å². The quantitative estimate of drug-likeness (QED) is 0.680. The van der Waals surface area contributed by atoms with E-state index >= 15 is 0 Å². The number of amides is 1. The molecule has 0 saturated heterocycles. The molecule has 5 heteroatoms. The number of nitrogens with one attached hydrogen (secondary N) is 1. The van der Waals surface area contributed by atoms with Gasteiger partial charge in [-0.25, -0.2) is 9.82 Å². The predicted octanol–water partition coefficient (Wildman–Crippen LogP) is 3.38. The molecule has 1 amide bonds. The Labute approximate surface area is 128 Å². The van der Waals surface area contributed by atoms with Gasteiger partial charge in [0.2, 0.25) is 0 Å². The van der Waals surface area contributed by atoms with Crippen LogP contribution in [-0.2, 0) is 0 Å². The molecule has 0 fully saturated rings. The van der Waals surface area contributed by atoms with Crippen LogP contribution in [0.3, 0.4) is 0 Å². The SMILES string of the molecule is CC(C)Oc1ccc(C(=O)N/N=C/c2ccc(F)cc2)cc1. The van der Waals surface area contributed by atoms with Crippen LogP contribution in [0.15, 0.2) is 53.6 Å². The highest BCUT2D eigenvalue weighted by Gasteiger charge is 2.05. The van der Waals surface area contributed by atoms with Crippen molar-refractivity contribution in [1.29, 1.82) is 0 Å². The standard InChI is InChI=1S/C17H17FN2O2/c1-12(2)22-16-9-5-14(6-10-16)17(21)20-19-11-13-3-7-15(18)8-4-13/h3-12H,1-2H3,(H,20,21)/b19-11+. The smallest absolute Gasteiger partial charge is 0.271 e. The van der Waals surface area contributed by atoms with Gasteiger partial charge in [-0.2, -0.15) is 5.10 Å². The minimum atomic E-state index is -0.325. The number of nitrogens with zero attached hydrogens (tertiary/aromatic N) is 1. The molecule has 0 atom stereocenters. The Kier molecular flexibility index (Phi) is 5.25. The molecule has 0 spiro atoms. The minimum absolute atomic E-state index is 0.0833. The van der Waals surface area contributed by atoms with Crippen LogP contribution < -0.4 is 10.2 Å². The first-order valence-corrected chi connectivity index (χ1v) is 6.90. The number of halogens is 1. The van der Waals surface area contributed by atoms with E-state index in [1.54, 1.807) is 36.4 Å². The van der Waals surface area contributed by atoms with Crippen molar-refractivity contribution in [3.8, 4) is 5.75 Å². The Balaban J connectivity index is 1.93. The summed E-state index contributed by atoms with van der Waals surface area (Å²) in [6.07, 6.45) is 1.54. The van der Waals surface area contributed by atoms with Crippen LogP contribution >= 0.6 is 0 Å². The lowest BCUT2D eigenvalue weighted by Gasteiger charge is -2.09. The lowest BCUT2D eigenvalue weighted by atomic mass is 10.2. The van der Waals surface area contributed by atoms with Crippen LogP contribution in [0.1, 0.15) is 29.8 Å². The minimum Gasteiger partial charge on any atom is -0.491 e. The zero-order valence-corrected chi connectivity index (χ0v) is 12.4. The van der Waals surface area contributed by atoms with Crippen molar-refractivity contribution >= 4 is 12.1 Å². The predicted molar refractivity (Wildman–Crippen MR) is 83.7 cm³/mol. The maximum absolute atomic E-state index is 12.7. The van der Waals surface area contributed by atoms with Crippen molar-refractivity contribution in [3.05, 3.63) is 65.5 Å². The fraction of sp³-hybridized carbons (Fsp3) is 0.176. The molecule has 0 aliphatic rings. The van der Waals surface area contributed by atoms with Crippen molar-refractivity contribution in [3.63, 3.8) is 0 Å². The van der Waals surface area contributed by atoms with E-state index < -0.39 is 0 Å². The van der Waals surface area contributed by atoms with E-state index in [-0.39, 0.29) is 17.8 Å². The van der Waals surface area contributed by atoms with Gasteiger partial charge < -0.3 is 4.74 Å². The Morgan fingerprint density at radius 3 is 2.36 bits per heavy atom. The van der Waals surface area contributed by atoms with Crippen LogP contribution in [0.4, 0.5) is 4.39 Å². The van der Waals surface area contributed by atoms with E-state index in [0.717, 1.165) is 0 Å². The molecule has 1 N–H and O–H groups in total. The Bertz CT molecular complexity index is 649. The number of hydrazone groups is 1. The normalized spacial score (nSPS) is 10.9. The van der Waals surface area contributed by atoms with Crippen molar-refractivity contribution in [2.24, 2.45) is 5.10 Å². The molecule has 0 aliphatic heterocycles. The first kappa shape index (κ1) is 15.7. The van der Waals surface area contributed by atoms with E-state index in [0.29, 0.717) is 16.9 Å². The fourth-order valence-corrected chi connectivity index (χ4v) is 1.74. The zero-order chi connectivity index (χ0) is 15.9. The largest absolute Gasteiger partial charge is 0.491 e. The van der Waals surface area contributed by atoms with Crippen molar-refractivity contribution in [1.82, 2.24) is 5.43 Å². The van der Waals surface area contributed by atoms with Gasteiger partial charge in [0, 0.05) is 5.56 Å². The maximum atomic E-state index is 12.7. The highest BCUT2D eigenvalue weighted by molar-refractivity contribution is 5.94. The fourth-order valence-electron chi connectivity index (χ4n) is 1.74. The van der Waals surface area contributed by atoms with Crippen molar-refractivity contribution in [2.75, 3.05) is 0 Å². The summed E-state index contributed by atoms with van der Waals surface area (Å²) >= 11 is 0. The highest BCUT2D eigenvalue weighted by Crippen LogP contribution is 2.13. The van der Waals surface area contributed by atoms with Crippen LogP contribution in [0, 0.1) is 5.82 Å². The molecule has 0 saturated carbocycles. The molecular formula is C17H17FN2O2. The summed E-state index contributed by atoms with van der Waals surface area (Å²) in [6, 6.07) is 12.6. The molecule has 0 unspecified atom stereocenters. The zero-order valence-electron chi connectivity index (χ0n) is 12.4. The van der Waals surface area contributed by atoms with Crippen molar-refractivity contribution in [2.45, 2.75) is 20.0 Å². The van der Waals surface area contributed by atoms with Gasteiger partial charge in [-0.1, -0.05) is 12.1 Å². The van der Waals surface area contributed by atoms with E-state index in [2.05, 4.69) is 10.5 Å². The monoisotopic (exact) mass is 300 g/mol. The van der Waals surface area contributed by atoms with Gasteiger partial charge >= 0.3 is 0 Å². The Hall–Kier alpha value is -2.69. The molecular weight excluding hydrogens is 283 g/mol. The van der Waals surface area contributed by atoms with E-state index in [4.69, 9.17) is 4.74 Å². The first-order valence-electron chi connectivity index (χ1n) is 6.90. The molecule has 114 valence electrons. The summed E-state index contributed by atoms with van der Waals surface area (Å²) in [5, 5.41) is 3.84. The third kappa shape index (κ3) is 4.70. The van der Waals surface area contributed by atoms with Gasteiger partial charge in [0.05, 0.1) is 12.3 Å². The second-order valence-corrected chi connectivity index (χ2v) is 4.94. The second-order valence-electron chi connectivity index (χ2n) is 4.94. The van der Waals surface area contributed by atoms with Gasteiger partial charge in [0.25, 0.3) is 5.91 Å². The molecule has 0 aliphatic carbocycles. The molecule has 0 aromatic heterocycles. The summed E-state index contributed by atoms with van der Waals surface area (Å²) in [7, 11) is 0. The van der Waals surface area contributed by atoms with Crippen LogP contribution in [0.2, 0.25) is 0 Å². The molecule has 4 nitrogen and oxygen atoms in total. The van der Waals surface area contributed by atoms with E-state index in [9.17, 15) is 9.18 Å². The van der Waals surface area contributed by atoms with Gasteiger partial charge in [0.15, 0.2) is 0 Å². The first-order chi connectivity index (χ1) is 10.5. The summed E-state index contributed by atoms with van der Waals surface area (Å²) in [5.41, 5.74) is 3.59. The third-order valence-corrected chi connectivity index (χ3v) is 2.74. The average molecular weight is 300 g/mol. The van der Waals surface area contributed by atoms with E-state index in [1.165, 1.54) is 18.3 Å². The number of rotatable bonds is 5. The molecule has 2 rings (SSSR count). The molecule has 22 heavy (non-hydrogen) atoms. The van der Waals surface area contributed by atoms with Gasteiger partial charge in [-0.3, -0.25) is 4.79 Å². The number of hydrogen-bond acceptors (Lipinski definition) is 3. The number of carbonyl (C=O) groups is 1. The van der Waals surface area contributed by atoms with Crippen molar-refractivity contribution < 1.29 is 13.9 Å². The lowest BCUT2D eigenvalue weighted by Crippen LogP contribution is -2.17. The van der Waals surface area contributed by atoms with Gasteiger partial charge in [-0.15, -0.1) is 0 Å². The van der Waals surface area contributed by atoms with Gasteiger partial charge in [-0.05, 0) is 55.8 Å². The summed E-state index contributed by atoms with van der Waals surface area (Å²) in [4.78, 5) is 11.9. The van der Waals surface area contributed by atoms with Gasteiger partial charge in [0.1, 0.15) is 11.6 Å². The highest BCUT2D eigenvalue weighted by atomic mass is 19.1. The summed E-state index contributed by atoms with van der Waals surface area (Å²) < 4.78 is 18.3. The molecule has 0 bridgehead atoms. The maximum Gasteiger partial charge on any atom is 0.271 e. The third-order valence-electron chi connectivity index (χ3n) is 2.74. The molecule has 2 aromatic rings. The van der Waals surface area contributed by atoms with E-state index in [1.807, 2.05) is 13.8 Å². The Morgan fingerprint density at radius 1 is 1.14 bits per heavy atom.